The van der Waals surface area contributed by atoms with Crippen molar-refractivity contribution in [3.05, 3.63) is 0 Å². The fraction of sp³-hybridized carbons (Fsp3) is 1.00. The van der Waals surface area contributed by atoms with Crippen molar-refractivity contribution in [3.63, 3.8) is 0 Å². The van der Waals surface area contributed by atoms with Gasteiger partial charge in [-0.05, 0) is 42.9 Å². The minimum Gasteiger partial charge on any atom is -0.247 e. The molecular formula is C15H27F. The van der Waals surface area contributed by atoms with Crippen LogP contribution in [0.4, 0.5) is 4.39 Å². The van der Waals surface area contributed by atoms with E-state index < -0.39 is 6.17 Å². The van der Waals surface area contributed by atoms with E-state index >= 15 is 0 Å². The van der Waals surface area contributed by atoms with Crippen molar-refractivity contribution in [1.82, 2.24) is 0 Å². The van der Waals surface area contributed by atoms with Crippen molar-refractivity contribution in [2.45, 2.75) is 71.4 Å². The molecule has 2 saturated carbocycles. The molecule has 0 N–H and O–H groups in total. The average molecular weight is 226 g/mol. The Kier molecular flexibility index (Phi) is 4.27. The molecule has 0 amide bonds. The predicted octanol–water partition coefficient (Wildman–Crippen LogP) is 4.98. The Morgan fingerprint density at radius 2 is 1.62 bits per heavy atom. The van der Waals surface area contributed by atoms with Crippen LogP contribution in [-0.4, -0.2) is 6.17 Å². The molecule has 0 radical (unpaired) electrons. The van der Waals surface area contributed by atoms with Crippen molar-refractivity contribution in [2.75, 3.05) is 0 Å². The van der Waals surface area contributed by atoms with Crippen LogP contribution in [0.25, 0.3) is 0 Å². The van der Waals surface area contributed by atoms with Crippen LogP contribution in [-0.2, 0) is 0 Å². The lowest BCUT2D eigenvalue weighted by atomic mass is 9.69. The summed E-state index contributed by atoms with van der Waals surface area (Å²) in [5.74, 6) is 2.13. The fourth-order valence-electron chi connectivity index (χ4n) is 3.82. The Hall–Kier alpha value is -0.0700. The summed E-state index contributed by atoms with van der Waals surface area (Å²) in [6.45, 7) is 4.57. The molecule has 0 aromatic rings. The third kappa shape index (κ3) is 2.78. The van der Waals surface area contributed by atoms with Crippen LogP contribution < -0.4 is 0 Å². The molecule has 0 saturated heterocycles. The van der Waals surface area contributed by atoms with Crippen molar-refractivity contribution < 1.29 is 4.39 Å². The highest BCUT2D eigenvalue weighted by molar-refractivity contribution is 4.86. The molecule has 0 aromatic carbocycles. The van der Waals surface area contributed by atoms with Crippen molar-refractivity contribution in [1.29, 1.82) is 0 Å². The van der Waals surface area contributed by atoms with Crippen LogP contribution >= 0.6 is 0 Å². The minimum atomic E-state index is -0.502. The maximum Gasteiger partial charge on any atom is 0.106 e. The Labute approximate surface area is 100 Å². The van der Waals surface area contributed by atoms with Gasteiger partial charge in [-0.1, -0.05) is 46.0 Å². The first-order valence-corrected chi connectivity index (χ1v) is 7.32. The Morgan fingerprint density at radius 1 is 0.938 bits per heavy atom. The first kappa shape index (κ1) is 12.4. The highest BCUT2D eigenvalue weighted by Crippen LogP contribution is 2.41. The smallest absolute Gasteiger partial charge is 0.106 e. The van der Waals surface area contributed by atoms with Gasteiger partial charge in [0.25, 0.3) is 0 Å². The molecule has 0 nitrogen and oxygen atoms in total. The molecule has 4 unspecified atom stereocenters. The summed E-state index contributed by atoms with van der Waals surface area (Å²) in [7, 11) is 0. The second-order valence-corrected chi connectivity index (χ2v) is 6.40. The van der Waals surface area contributed by atoms with E-state index in [2.05, 4.69) is 13.8 Å². The number of hydrogen-bond donors (Lipinski definition) is 0. The zero-order valence-electron chi connectivity index (χ0n) is 10.9. The van der Waals surface area contributed by atoms with Gasteiger partial charge in [-0.3, -0.25) is 0 Å². The molecule has 16 heavy (non-hydrogen) atoms. The molecule has 94 valence electrons. The zero-order valence-corrected chi connectivity index (χ0v) is 10.9. The van der Waals surface area contributed by atoms with Gasteiger partial charge in [0.05, 0.1) is 0 Å². The van der Waals surface area contributed by atoms with Gasteiger partial charge in [0.1, 0.15) is 6.17 Å². The average Bonchev–Trinajstić information content (AvgIpc) is 2.32. The third-order valence-corrected chi connectivity index (χ3v) is 5.03. The summed E-state index contributed by atoms with van der Waals surface area (Å²) < 4.78 is 14.6. The van der Waals surface area contributed by atoms with E-state index in [1.54, 1.807) is 0 Å². The minimum absolute atomic E-state index is 0.367. The molecule has 4 atom stereocenters. The van der Waals surface area contributed by atoms with Crippen molar-refractivity contribution >= 4 is 0 Å². The standard InChI is InChI=1S/C15H27F/c1-11-8-9-12(2)14(10-11)15(16)13-6-4-3-5-7-13/h11-15H,3-10H2,1-2H3. The van der Waals surface area contributed by atoms with E-state index in [9.17, 15) is 4.39 Å². The lowest BCUT2D eigenvalue weighted by Gasteiger charge is -2.38. The van der Waals surface area contributed by atoms with Gasteiger partial charge >= 0.3 is 0 Å². The second kappa shape index (κ2) is 5.51. The largest absolute Gasteiger partial charge is 0.247 e. The van der Waals surface area contributed by atoms with Crippen molar-refractivity contribution in [3.8, 4) is 0 Å². The molecule has 2 fully saturated rings. The van der Waals surface area contributed by atoms with Gasteiger partial charge < -0.3 is 0 Å². The predicted molar refractivity (Wildman–Crippen MR) is 67.1 cm³/mol. The van der Waals surface area contributed by atoms with Crippen LogP contribution in [0, 0.1) is 23.7 Å². The second-order valence-electron chi connectivity index (χ2n) is 6.40. The monoisotopic (exact) mass is 226 g/mol. The number of hydrogen-bond acceptors (Lipinski definition) is 0. The van der Waals surface area contributed by atoms with E-state index in [-0.39, 0.29) is 0 Å². The quantitative estimate of drug-likeness (QED) is 0.623. The Balaban J connectivity index is 1.93. The lowest BCUT2D eigenvalue weighted by Crippen LogP contribution is -2.35. The molecule has 0 spiro atoms. The van der Waals surface area contributed by atoms with Gasteiger partial charge in [-0.25, -0.2) is 4.39 Å². The van der Waals surface area contributed by atoms with Gasteiger partial charge in [-0.2, -0.15) is 0 Å². The molecule has 0 heterocycles. The molecular weight excluding hydrogens is 199 g/mol. The van der Waals surface area contributed by atoms with Gasteiger partial charge in [0, 0.05) is 0 Å². The van der Waals surface area contributed by atoms with Crippen molar-refractivity contribution in [2.24, 2.45) is 23.7 Å². The van der Waals surface area contributed by atoms with Crippen LogP contribution in [0.15, 0.2) is 0 Å². The first-order chi connectivity index (χ1) is 7.68. The summed E-state index contributed by atoms with van der Waals surface area (Å²) in [6.07, 6.45) is 9.37. The first-order valence-electron chi connectivity index (χ1n) is 7.32. The fourth-order valence-corrected chi connectivity index (χ4v) is 3.82. The molecule has 2 aliphatic carbocycles. The summed E-state index contributed by atoms with van der Waals surface area (Å²) in [4.78, 5) is 0. The zero-order chi connectivity index (χ0) is 11.5. The van der Waals surface area contributed by atoms with Crippen LogP contribution in [0.1, 0.15) is 65.2 Å². The summed E-state index contributed by atoms with van der Waals surface area (Å²) in [5, 5.41) is 0. The number of alkyl halides is 1. The van der Waals surface area contributed by atoms with Crippen LogP contribution in [0.2, 0.25) is 0 Å². The topological polar surface area (TPSA) is 0 Å². The summed E-state index contributed by atoms with van der Waals surface area (Å²) in [6, 6.07) is 0. The maximum atomic E-state index is 14.6. The molecule has 2 rings (SSSR count). The molecule has 0 aromatic heterocycles. The molecule has 0 aliphatic heterocycles. The van der Waals surface area contributed by atoms with E-state index in [1.807, 2.05) is 0 Å². The van der Waals surface area contributed by atoms with E-state index in [0.717, 1.165) is 25.2 Å². The SMILES string of the molecule is CC1CCC(C)C(C(F)C2CCCCC2)C1. The molecule has 0 bridgehead atoms. The van der Waals surface area contributed by atoms with E-state index in [1.165, 1.54) is 32.1 Å². The number of halogens is 1. The number of rotatable bonds is 2. The van der Waals surface area contributed by atoms with E-state index in [4.69, 9.17) is 0 Å². The van der Waals surface area contributed by atoms with Gasteiger partial charge in [-0.15, -0.1) is 0 Å². The normalized spacial score (nSPS) is 39.6. The van der Waals surface area contributed by atoms with Crippen LogP contribution in [0.5, 0.6) is 0 Å². The summed E-state index contributed by atoms with van der Waals surface area (Å²) >= 11 is 0. The Bertz CT molecular complexity index is 207. The van der Waals surface area contributed by atoms with Crippen LogP contribution in [0.3, 0.4) is 0 Å². The summed E-state index contributed by atoms with van der Waals surface area (Å²) in [5.41, 5.74) is 0. The van der Waals surface area contributed by atoms with E-state index in [0.29, 0.717) is 17.8 Å². The maximum absolute atomic E-state index is 14.6. The molecule has 2 aliphatic rings. The van der Waals surface area contributed by atoms with Gasteiger partial charge in [0.2, 0.25) is 0 Å². The third-order valence-electron chi connectivity index (χ3n) is 5.03. The Morgan fingerprint density at radius 3 is 2.31 bits per heavy atom. The van der Waals surface area contributed by atoms with Gasteiger partial charge in [0.15, 0.2) is 0 Å². The lowest BCUT2D eigenvalue weighted by molar-refractivity contribution is 0.0492. The highest BCUT2D eigenvalue weighted by Gasteiger charge is 2.36. The highest BCUT2D eigenvalue weighted by atomic mass is 19.1. The molecule has 1 heteroatoms.